The maximum absolute atomic E-state index is 12.0. The zero-order valence-electron chi connectivity index (χ0n) is 10.8. The largest absolute Gasteiger partial charge is 0.332 e. The van der Waals surface area contributed by atoms with Crippen molar-refractivity contribution in [3.05, 3.63) is 27.2 Å². The van der Waals surface area contributed by atoms with Crippen molar-refractivity contribution in [2.45, 2.75) is 6.04 Å². The van der Waals surface area contributed by atoms with E-state index in [1.54, 1.807) is 11.6 Å². The van der Waals surface area contributed by atoms with Crippen molar-refractivity contribution < 1.29 is 12.6 Å². The molecule has 20 heavy (non-hydrogen) atoms. The maximum Gasteiger partial charge on any atom is 0.332 e. The molecule has 2 aromatic rings. The Morgan fingerprint density at radius 2 is 1.90 bits per heavy atom. The molecule has 0 spiro atoms. The molecule has 108 valence electrons. The molecule has 0 N–H and O–H groups in total. The van der Waals surface area contributed by atoms with Gasteiger partial charge in [-0.15, -0.1) is 0 Å². The normalized spacial score (nSPS) is 23.3. The predicted octanol–water partition coefficient (Wildman–Crippen LogP) is -1.40. The lowest BCUT2D eigenvalue weighted by atomic mass is 10.3. The van der Waals surface area contributed by atoms with Crippen LogP contribution in [0, 0.1) is 0 Å². The smallest absolute Gasteiger partial charge is 0.308 e. The standard InChI is InChI=1S/C10H12N4O5S/c1-12-8-7(9(15)13(2)10(12)16)11-5-14(8)6-3-18-20(17)19-4-6/h5-6H,3-4H2,1-2H3. The summed E-state index contributed by atoms with van der Waals surface area (Å²) in [6.07, 6.45) is 1.46. The Kier molecular flexibility index (Phi) is 3.07. The molecular formula is C10H12N4O5S. The van der Waals surface area contributed by atoms with Crippen molar-refractivity contribution in [2.75, 3.05) is 13.2 Å². The van der Waals surface area contributed by atoms with Gasteiger partial charge in [-0.2, -0.15) is 4.21 Å². The minimum Gasteiger partial charge on any atom is -0.308 e. The fourth-order valence-electron chi connectivity index (χ4n) is 2.18. The summed E-state index contributed by atoms with van der Waals surface area (Å²) >= 11 is -1.74. The number of nitrogens with zero attached hydrogens (tertiary/aromatic N) is 4. The highest BCUT2D eigenvalue weighted by Crippen LogP contribution is 2.19. The van der Waals surface area contributed by atoms with E-state index < -0.39 is 22.6 Å². The average molecular weight is 300 g/mol. The summed E-state index contributed by atoms with van der Waals surface area (Å²) in [7, 11) is 2.96. The lowest BCUT2D eigenvalue weighted by molar-refractivity contribution is 0.129. The summed E-state index contributed by atoms with van der Waals surface area (Å²) in [5.74, 6) is 0. The van der Waals surface area contributed by atoms with Gasteiger partial charge in [0.15, 0.2) is 5.52 Å². The van der Waals surface area contributed by atoms with Crippen LogP contribution in [0.1, 0.15) is 6.04 Å². The molecule has 9 nitrogen and oxygen atoms in total. The summed E-state index contributed by atoms with van der Waals surface area (Å²) in [5.41, 5.74) is -0.308. The van der Waals surface area contributed by atoms with E-state index in [-0.39, 0.29) is 24.8 Å². The first-order valence-electron chi connectivity index (χ1n) is 5.81. The van der Waals surface area contributed by atoms with Crippen LogP contribution in [0.5, 0.6) is 0 Å². The van der Waals surface area contributed by atoms with Crippen LogP contribution in [0.2, 0.25) is 0 Å². The van der Waals surface area contributed by atoms with Crippen LogP contribution < -0.4 is 11.2 Å². The first kappa shape index (κ1) is 13.2. The molecule has 0 aromatic carbocycles. The number of hydrogen-bond acceptors (Lipinski definition) is 6. The van der Waals surface area contributed by atoms with Gasteiger partial charge in [-0.3, -0.25) is 22.3 Å². The Morgan fingerprint density at radius 1 is 1.25 bits per heavy atom. The van der Waals surface area contributed by atoms with E-state index in [1.165, 1.54) is 17.9 Å². The van der Waals surface area contributed by atoms with Crippen LogP contribution >= 0.6 is 0 Å². The molecule has 0 radical (unpaired) electrons. The first-order chi connectivity index (χ1) is 9.50. The van der Waals surface area contributed by atoms with Crippen molar-refractivity contribution in [1.82, 2.24) is 18.7 Å². The van der Waals surface area contributed by atoms with Crippen molar-refractivity contribution in [3.63, 3.8) is 0 Å². The average Bonchev–Trinajstić information content (AvgIpc) is 2.88. The highest BCUT2D eigenvalue weighted by Gasteiger charge is 2.25. The summed E-state index contributed by atoms with van der Waals surface area (Å²) in [6.45, 7) is 0.308. The molecule has 0 atom stereocenters. The molecule has 3 rings (SSSR count). The fraction of sp³-hybridized carbons (Fsp3) is 0.500. The van der Waals surface area contributed by atoms with Crippen molar-refractivity contribution in [3.8, 4) is 0 Å². The summed E-state index contributed by atoms with van der Waals surface area (Å²) in [6, 6.07) is -0.296. The maximum atomic E-state index is 12.0. The Hall–Kier alpha value is -1.78. The summed E-state index contributed by atoms with van der Waals surface area (Å²) in [4.78, 5) is 28.0. The van der Waals surface area contributed by atoms with Crippen molar-refractivity contribution in [2.24, 2.45) is 14.1 Å². The lowest BCUT2D eigenvalue weighted by Crippen LogP contribution is -2.38. The van der Waals surface area contributed by atoms with Gasteiger partial charge in [0.2, 0.25) is 0 Å². The molecule has 1 aliphatic heterocycles. The highest BCUT2D eigenvalue weighted by molar-refractivity contribution is 7.75. The number of fused-ring (bicyclic) bond motifs is 1. The van der Waals surface area contributed by atoms with Gasteiger partial charge in [0, 0.05) is 14.1 Å². The molecular weight excluding hydrogens is 288 g/mol. The molecule has 0 amide bonds. The van der Waals surface area contributed by atoms with Crippen LogP contribution in [-0.2, 0) is 33.8 Å². The topological polar surface area (TPSA) is 97.3 Å². The number of hydrogen-bond donors (Lipinski definition) is 0. The predicted molar refractivity (Wildman–Crippen MR) is 69.3 cm³/mol. The minimum atomic E-state index is -1.74. The van der Waals surface area contributed by atoms with E-state index in [4.69, 9.17) is 8.37 Å². The molecule has 0 saturated carbocycles. The second kappa shape index (κ2) is 4.65. The van der Waals surface area contributed by atoms with Gasteiger partial charge in [-0.25, -0.2) is 9.78 Å². The Labute approximate surface area is 115 Å². The van der Waals surface area contributed by atoms with Crippen molar-refractivity contribution in [1.29, 1.82) is 0 Å². The number of imidazole rings is 1. The van der Waals surface area contributed by atoms with E-state index in [0.29, 0.717) is 5.65 Å². The van der Waals surface area contributed by atoms with Gasteiger partial charge in [-0.05, 0) is 0 Å². The van der Waals surface area contributed by atoms with Gasteiger partial charge < -0.3 is 4.57 Å². The van der Waals surface area contributed by atoms with Crippen LogP contribution in [0.15, 0.2) is 15.9 Å². The monoisotopic (exact) mass is 300 g/mol. The fourth-order valence-corrected chi connectivity index (χ4v) is 2.78. The van der Waals surface area contributed by atoms with Crippen LogP contribution in [0.4, 0.5) is 0 Å². The molecule has 1 fully saturated rings. The van der Waals surface area contributed by atoms with Gasteiger partial charge in [0.25, 0.3) is 5.56 Å². The second-order valence-corrected chi connectivity index (χ2v) is 5.34. The van der Waals surface area contributed by atoms with E-state index in [9.17, 15) is 13.8 Å². The first-order valence-corrected chi connectivity index (χ1v) is 6.81. The molecule has 2 aromatic heterocycles. The third-order valence-corrected chi connectivity index (χ3v) is 3.93. The zero-order chi connectivity index (χ0) is 14.4. The molecule has 1 aliphatic rings. The second-order valence-electron chi connectivity index (χ2n) is 4.46. The number of aryl methyl sites for hydroxylation is 1. The van der Waals surface area contributed by atoms with E-state index in [1.807, 2.05) is 0 Å². The number of aromatic nitrogens is 4. The van der Waals surface area contributed by atoms with Crippen molar-refractivity contribution >= 4 is 22.5 Å². The van der Waals surface area contributed by atoms with Crippen LogP contribution in [0.25, 0.3) is 11.2 Å². The van der Waals surface area contributed by atoms with Crippen LogP contribution in [-0.4, -0.2) is 36.1 Å². The molecule has 0 aliphatic carbocycles. The molecule has 10 heteroatoms. The third-order valence-electron chi connectivity index (χ3n) is 3.27. The van der Waals surface area contributed by atoms with E-state index in [2.05, 4.69) is 4.98 Å². The van der Waals surface area contributed by atoms with E-state index >= 15 is 0 Å². The van der Waals surface area contributed by atoms with Gasteiger partial charge in [-0.1, -0.05) is 0 Å². The Morgan fingerprint density at radius 3 is 2.55 bits per heavy atom. The van der Waals surface area contributed by atoms with Gasteiger partial charge >= 0.3 is 17.1 Å². The SMILES string of the molecule is Cn1c(=O)c2ncn(C3COS(=O)OC3)c2n(C)c1=O. The molecule has 0 bridgehead atoms. The summed E-state index contributed by atoms with van der Waals surface area (Å²) in [5, 5.41) is 0. The third kappa shape index (κ3) is 1.84. The molecule has 1 saturated heterocycles. The minimum absolute atomic E-state index is 0.154. The highest BCUT2D eigenvalue weighted by atomic mass is 32.2. The lowest BCUT2D eigenvalue weighted by Gasteiger charge is -2.22. The Balaban J connectivity index is 2.21. The number of rotatable bonds is 1. The molecule has 3 heterocycles. The van der Waals surface area contributed by atoms with Gasteiger partial charge in [0.05, 0.1) is 25.6 Å². The van der Waals surface area contributed by atoms with Crippen LogP contribution in [0.3, 0.4) is 0 Å². The Bertz CT molecular complexity index is 809. The van der Waals surface area contributed by atoms with Gasteiger partial charge in [0.1, 0.15) is 5.65 Å². The summed E-state index contributed by atoms with van der Waals surface area (Å²) < 4.78 is 24.8. The van der Waals surface area contributed by atoms with E-state index in [0.717, 1.165) is 4.57 Å². The zero-order valence-corrected chi connectivity index (χ0v) is 11.6. The molecule has 0 unspecified atom stereocenters. The quantitative estimate of drug-likeness (QED) is 0.642.